The molecule has 0 amide bonds. The van der Waals surface area contributed by atoms with E-state index in [2.05, 4.69) is 43.4 Å². The van der Waals surface area contributed by atoms with Gasteiger partial charge in [-0.1, -0.05) is 38.1 Å². The van der Waals surface area contributed by atoms with Gasteiger partial charge in [0.2, 0.25) is 0 Å². The number of benzene rings is 1. The Labute approximate surface area is 117 Å². The summed E-state index contributed by atoms with van der Waals surface area (Å²) < 4.78 is 5.81. The van der Waals surface area contributed by atoms with Gasteiger partial charge < -0.3 is 10.1 Å². The fourth-order valence-corrected chi connectivity index (χ4v) is 2.19. The minimum atomic E-state index is 0.751. The van der Waals surface area contributed by atoms with Crippen molar-refractivity contribution in [2.45, 2.75) is 58.7 Å². The Morgan fingerprint density at radius 3 is 2.63 bits per heavy atom. The summed E-state index contributed by atoms with van der Waals surface area (Å²) >= 11 is 0. The second kappa shape index (κ2) is 7.66. The predicted molar refractivity (Wildman–Crippen MR) is 80.0 cm³/mol. The molecule has 2 rings (SSSR count). The zero-order chi connectivity index (χ0) is 13.5. The summed E-state index contributed by atoms with van der Waals surface area (Å²) in [6.45, 7) is 7.14. The fourth-order valence-electron chi connectivity index (χ4n) is 2.19. The SMILES string of the molecule is CC(C)CCCOCc1ccccc1CNC1CC1. The molecule has 1 aliphatic carbocycles. The van der Waals surface area contributed by atoms with Gasteiger partial charge in [0.1, 0.15) is 0 Å². The van der Waals surface area contributed by atoms with E-state index in [1.165, 1.54) is 36.8 Å². The van der Waals surface area contributed by atoms with E-state index < -0.39 is 0 Å². The van der Waals surface area contributed by atoms with Crippen LogP contribution < -0.4 is 5.32 Å². The number of rotatable bonds is 9. The van der Waals surface area contributed by atoms with Crippen LogP contribution in [0.2, 0.25) is 0 Å². The van der Waals surface area contributed by atoms with E-state index in [4.69, 9.17) is 4.74 Å². The van der Waals surface area contributed by atoms with Crippen LogP contribution in [0.5, 0.6) is 0 Å². The van der Waals surface area contributed by atoms with E-state index in [1.807, 2.05) is 0 Å². The summed E-state index contributed by atoms with van der Waals surface area (Å²) in [6.07, 6.45) is 5.10. The van der Waals surface area contributed by atoms with Crippen LogP contribution in [0.15, 0.2) is 24.3 Å². The fraction of sp³-hybridized carbons (Fsp3) is 0.647. The van der Waals surface area contributed by atoms with Crippen molar-refractivity contribution in [3.63, 3.8) is 0 Å². The Bertz CT molecular complexity index is 371. The van der Waals surface area contributed by atoms with Gasteiger partial charge in [-0.3, -0.25) is 0 Å². The van der Waals surface area contributed by atoms with Crippen molar-refractivity contribution in [2.75, 3.05) is 6.61 Å². The van der Waals surface area contributed by atoms with Gasteiger partial charge in [0.05, 0.1) is 6.61 Å². The lowest BCUT2D eigenvalue weighted by molar-refractivity contribution is 0.114. The molecular formula is C17H27NO. The Morgan fingerprint density at radius 1 is 1.21 bits per heavy atom. The first kappa shape index (κ1) is 14.5. The first-order chi connectivity index (χ1) is 9.25. The maximum Gasteiger partial charge on any atom is 0.0720 e. The number of hydrogen-bond donors (Lipinski definition) is 1. The minimum Gasteiger partial charge on any atom is -0.377 e. The monoisotopic (exact) mass is 261 g/mol. The molecule has 0 radical (unpaired) electrons. The van der Waals surface area contributed by atoms with Gasteiger partial charge in [-0.15, -0.1) is 0 Å². The topological polar surface area (TPSA) is 21.3 Å². The molecule has 0 atom stereocenters. The first-order valence-corrected chi connectivity index (χ1v) is 7.63. The third-order valence-electron chi connectivity index (χ3n) is 3.60. The lowest BCUT2D eigenvalue weighted by atomic mass is 10.1. The highest BCUT2D eigenvalue weighted by Gasteiger charge is 2.20. The summed E-state index contributed by atoms with van der Waals surface area (Å²) in [5, 5.41) is 3.57. The summed E-state index contributed by atoms with van der Waals surface area (Å²) in [5.74, 6) is 0.777. The van der Waals surface area contributed by atoms with Gasteiger partial charge in [0, 0.05) is 19.2 Å². The molecule has 0 unspecified atom stereocenters. The molecule has 0 aliphatic heterocycles. The van der Waals surface area contributed by atoms with Gasteiger partial charge in [-0.2, -0.15) is 0 Å². The zero-order valence-corrected chi connectivity index (χ0v) is 12.3. The Hall–Kier alpha value is -0.860. The molecule has 0 saturated heterocycles. The summed E-state index contributed by atoms with van der Waals surface area (Å²) in [5.41, 5.74) is 2.72. The van der Waals surface area contributed by atoms with Crippen molar-refractivity contribution in [3.8, 4) is 0 Å². The second-order valence-corrected chi connectivity index (χ2v) is 6.01. The first-order valence-electron chi connectivity index (χ1n) is 7.63. The molecule has 106 valence electrons. The lowest BCUT2D eigenvalue weighted by Crippen LogP contribution is -2.16. The van der Waals surface area contributed by atoms with Gasteiger partial charge in [-0.25, -0.2) is 0 Å². The molecule has 19 heavy (non-hydrogen) atoms. The summed E-state index contributed by atoms with van der Waals surface area (Å²) in [6, 6.07) is 9.38. The lowest BCUT2D eigenvalue weighted by Gasteiger charge is -2.11. The van der Waals surface area contributed by atoms with E-state index in [-0.39, 0.29) is 0 Å². The molecule has 1 aliphatic rings. The molecular weight excluding hydrogens is 234 g/mol. The van der Waals surface area contributed by atoms with E-state index in [0.717, 1.165) is 31.7 Å². The van der Waals surface area contributed by atoms with Crippen molar-refractivity contribution in [2.24, 2.45) is 5.92 Å². The Kier molecular flexibility index (Phi) is 5.87. The average molecular weight is 261 g/mol. The maximum atomic E-state index is 5.81. The summed E-state index contributed by atoms with van der Waals surface area (Å²) in [4.78, 5) is 0. The standard InChI is InChI=1S/C17H27NO/c1-14(2)6-5-11-19-13-16-8-4-3-7-15(16)12-18-17-9-10-17/h3-4,7-8,14,17-18H,5-6,9-13H2,1-2H3. The van der Waals surface area contributed by atoms with E-state index in [9.17, 15) is 0 Å². The molecule has 0 heterocycles. The van der Waals surface area contributed by atoms with E-state index >= 15 is 0 Å². The molecule has 0 aromatic heterocycles. The second-order valence-electron chi connectivity index (χ2n) is 6.01. The van der Waals surface area contributed by atoms with Crippen LogP contribution in [0.3, 0.4) is 0 Å². The van der Waals surface area contributed by atoms with Crippen LogP contribution >= 0.6 is 0 Å². The van der Waals surface area contributed by atoms with Crippen LogP contribution in [0.25, 0.3) is 0 Å². The smallest absolute Gasteiger partial charge is 0.0720 e. The van der Waals surface area contributed by atoms with E-state index in [1.54, 1.807) is 0 Å². The highest BCUT2D eigenvalue weighted by molar-refractivity contribution is 5.26. The normalized spacial score (nSPS) is 15.1. The molecule has 1 N–H and O–H groups in total. The van der Waals surface area contributed by atoms with Crippen LogP contribution in [0.4, 0.5) is 0 Å². The largest absolute Gasteiger partial charge is 0.377 e. The highest BCUT2D eigenvalue weighted by Crippen LogP contribution is 2.20. The number of hydrogen-bond acceptors (Lipinski definition) is 2. The molecule has 1 aromatic carbocycles. The van der Waals surface area contributed by atoms with Gasteiger partial charge >= 0.3 is 0 Å². The van der Waals surface area contributed by atoms with Gasteiger partial charge in [0.15, 0.2) is 0 Å². The number of ether oxygens (including phenoxy) is 1. The highest BCUT2D eigenvalue weighted by atomic mass is 16.5. The molecule has 2 nitrogen and oxygen atoms in total. The van der Waals surface area contributed by atoms with Crippen molar-refractivity contribution in [1.29, 1.82) is 0 Å². The minimum absolute atomic E-state index is 0.751. The average Bonchev–Trinajstić information content (AvgIpc) is 3.21. The third kappa shape index (κ3) is 5.75. The quantitative estimate of drug-likeness (QED) is 0.681. The van der Waals surface area contributed by atoms with Gasteiger partial charge in [0.25, 0.3) is 0 Å². The number of nitrogens with one attached hydrogen (secondary N) is 1. The van der Waals surface area contributed by atoms with Crippen LogP contribution in [-0.4, -0.2) is 12.6 Å². The molecule has 1 aromatic rings. The molecule has 1 saturated carbocycles. The van der Waals surface area contributed by atoms with E-state index in [0.29, 0.717) is 0 Å². The summed E-state index contributed by atoms with van der Waals surface area (Å²) in [7, 11) is 0. The van der Waals surface area contributed by atoms with Crippen LogP contribution in [0, 0.1) is 5.92 Å². The zero-order valence-electron chi connectivity index (χ0n) is 12.3. The Morgan fingerprint density at radius 2 is 1.95 bits per heavy atom. The predicted octanol–water partition coefficient (Wildman–Crippen LogP) is 3.89. The molecule has 0 bridgehead atoms. The van der Waals surface area contributed by atoms with Crippen LogP contribution in [0.1, 0.15) is 50.7 Å². The van der Waals surface area contributed by atoms with Crippen molar-refractivity contribution >= 4 is 0 Å². The van der Waals surface area contributed by atoms with Crippen molar-refractivity contribution in [1.82, 2.24) is 5.32 Å². The third-order valence-corrected chi connectivity index (χ3v) is 3.60. The van der Waals surface area contributed by atoms with Gasteiger partial charge in [-0.05, 0) is 42.7 Å². The van der Waals surface area contributed by atoms with Crippen LogP contribution in [-0.2, 0) is 17.9 Å². The molecule has 1 fully saturated rings. The maximum absolute atomic E-state index is 5.81. The molecule has 2 heteroatoms. The van der Waals surface area contributed by atoms with Crippen molar-refractivity contribution in [3.05, 3.63) is 35.4 Å². The van der Waals surface area contributed by atoms with Crippen molar-refractivity contribution < 1.29 is 4.74 Å². The molecule has 0 spiro atoms. The Balaban J connectivity index is 1.71.